The van der Waals surface area contributed by atoms with E-state index in [9.17, 15) is 4.79 Å². The Labute approximate surface area is 148 Å². The van der Waals surface area contributed by atoms with Crippen LogP contribution in [0.25, 0.3) is 0 Å². The molecule has 1 aliphatic heterocycles. The number of H-pyrrole nitrogens is 1. The van der Waals surface area contributed by atoms with Crippen molar-refractivity contribution in [2.45, 2.75) is 46.1 Å². The smallest absolute Gasteiger partial charge is 0.254 e. The number of nitrogens with one attached hydrogen (secondary N) is 2. The van der Waals surface area contributed by atoms with Crippen molar-refractivity contribution < 1.29 is 9.53 Å². The molecule has 0 bridgehead atoms. The van der Waals surface area contributed by atoms with E-state index in [-0.39, 0.29) is 18.1 Å². The number of aryl methyl sites for hydroxylation is 1. The molecule has 1 aliphatic rings. The molecule has 0 radical (unpaired) electrons. The van der Waals surface area contributed by atoms with E-state index >= 15 is 0 Å². The molecule has 1 aromatic carbocycles. The summed E-state index contributed by atoms with van der Waals surface area (Å²) >= 11 is 0. The highest BCUT2D eigenvalue weighted by Gasteiger charge is 2.26. The van der Waals surface area contributed by atoms with Crippen LogP contribution in [0.5, 0.6) is 0 Å². The van der Waals surface area contributed by atoms with Gasteiger partial charge in [0.2, 0.25) is 0 Å². The fraction of sp³-hybridized carbons (Fsp3) is 0.474. The largest absolute Gasteiger partial charge is 0.372 e. The molecular weight excluding hydrogens is 316 g/mol. The van der Waals surface area contributed by atoms with Gasteiger partial charge in [-0.3, -0.25) is 9.89 Å². The van der Waals surface area contributed by atoms with Gasteiger partial charge < -0.3 is 15.0 Å². The van der Waals surface area contributed by atoms with E-state index in [1.54, 1.807) is 0 Å². The van der Waals surface area contributed by atoms with Crippen LogP contribution in [0.2, 0.25) is 0 Å². The summed E-state index contributed by atoms with van der Waals surface area (Å²) in [4.78, 5) is 14.5. The summed E-state index contributed by atoms with van der Waals surface area (Å²) in [7, 11) is 0. The Bertz CT molecular complexity index is 700. The van der Waals surface area contributed by atoms with E-state index in [4.69, 9.17) is 4.74 Å². The van der Waals surface area contributed by atoms with Gasteiger partial charge in [0.15, 0.2) is 0 Å². The highest BCUT2D eigenvalue weighted by Crippen LogP contribution is 2.15. The quantitative estimate of drug-likeness (QED) is 0.874. The zero-order valence-corrected chi connectivity index (χ0v) is 15.1. The van der Waals surface area contributed by atoms with Crippen LogP contribution in [0.15, 0.2) is 30.5 Å². The predicted molar refractivity (Wildman–Crippen MR) is 96.2 cm³/mol. The van der Waals surface area contributed by atoms with Crippen molar-refractivity contribution in [3.63, 3.8) is 0 Å². The summed E-state index contributed by atoms with van der Waals surface area (Å²) in [5.41, 5.74) is 4.14. The van der Waals surface area contributed by atoms with E-state index in [0.29, 0.717) is 13.1 Å². The standard InChI is InChI=1S/C19H26N4O2/c1-13-11-23(12-14(2)25-13)19(24)17-6-4-16(5-7-17)8-20-9-18-10-21-22-15(18)3/h4-7,10,13-14,20H,8-9,11-12H2,1-3H3,(H,21,22). The Balaban J connectivity index is 1.54. The number of amides is 1. The third kappa shape index (κ3) is 4.46. The maximum Gasteiger partial charge on any atom is 0.254 e. The van der Waals surface area contributed by atoms with Gasteiger partial charge in [-0.15, -0.1) is 0 Å². The van der Waals surface area contributed by atoms with Crippen LogP contribution in [0.3, 0.4) is 0 Å². The predicted octanol–water partition coefficient (Wildman–Crippen LogP) is 2.26. The number of carbonyl (C=O) groups is 1. The number of carbonyl (C=O) groups excluding carboxylic acids is 1. The number of ether oxygens (including phenoxy) is 1. The molecule has 0 saturated carbocycles. The molecule has 2 aromatic rings. The number of benzene rings is 1. The lowest BCUT2D eigenvalue weighted by atomic mass is 10.1. The van der Waals surface area contributed by atoms with Crippen LogP contribution in [0.1, 0.15) is 41.0 Å². The van der Waals surface area contributed by atoms with Gasteiger partial charge in [-0.2, -0.15) is 5.10 Å². The van der Waals surface area contributed by atoms with Crippen molar-refractivity contribution in [1.82, 2.24) is 20.4 Å². The lowest BCUT2D eigenvalue weighted by molar-refractivity contribution is -0.0586. The molecule has 134 valence electrons. The topological polar surface area (TPSA) is 70.2 Å². The summed E-state index contributed by atoms with van der Waals surface area (Å²) < 4.78 is 5.70. The molecule has 2 atom stereocenters. The second-order valence-corrected chi connectivity index (χ2v) is 6.79. The monoisotopic (exact) mass is 342 g/mol. The average molecular weight is 342 g/mol. The van der Waals surface area contributed by atoms with Gasteiger partial charge >= 0.3 is 0 Å². The Morgan fingerprint density at radius 3 is 2.52 bits per heavy atom. The second-order valence-electron chi connectivity index (χ2n) is 6.79. The molecule has 2 N–H and O–H groups in total. The highest BCUT2D eigenvalue weighted by atomic mass is 16.5. The summed E-state index contributed by atoms with van der Waals surface area (Å²) in [5.74, 6) is 0.0792. The summed E-state index contributed by atoms with van der Waals surface area (Å²) in [6.07, 6.45) is 2.01. The first-order valence-electron chi connectivity index (χ1n) is 8.76. The number of aromatic nitrogens is 2. The maximum absolute atomic E-state index is 12.7. The fourth-order valence-electron chi connectivity index (χ4n) is 3.19. The van der Waals surface area contributed by atoms with Crippen molar-refractivity contribution in [2.24, 2.45) is 0 Å². The average Bonchev–Trinajstić information content (AvgIpc) is 2.99. The zero-order chi connectivity index (χ0) is 17.8. The number of hydrogen-bond acceptors (Lipinski definition) is 4. The first-order valence-corrected chi connectivity index (χ1v) is 8.76. The Morgan fingerprint density at radius 2 is 1.92 bits per heavy atom. The van der Waals surface area contributed by atoms with Gasteiger partial charge in [-0.25, -0.2) is 0 Å². The lowest BCUT2D eigenvalue weighted by Crippen LogP contribution is -2.48. The van der Waals surface area contributed by atoms with Crippen LogP contribution in [-0.4, -0.2) is 46.3 Å². The molecular formula is C19H26N4O2. The molecule has 25 heavy (non-hydrogen) atoms. The minimum Gasteiger partial charge on any atom is -0.372 e. The van der Waals surface area contributed by atoms with Gasteiger partial charge in [0, 0.05) is 43.0 Å². The molecule has 2 unspecified atom stereocenters. The van der Waals surface area contributed by atoms with Gasteiger partial charge in [0.05, 0.1) is 18.4 Å². The molecule has 6 nitrogen and oxygen atoms in total. The van der Waals surface area contributed by atoms with E-state index < -0.39 is 0 Å². The molecule has 1 saturated heterocycles. The van der Waals surface area contributed by atoms with Crippen molar-refractivity contribution in [3.8, 4) is 0 Å². The fourth-order valence-corrected chi connectivity index (χ4v) is 3.19. The van der Waals surface area contributed by atoms with Crippen LogP contribution >= 0.6 is 0 Å². The molecule has 0 spiro atoms. The Hall–Kier alpha value is -2.18. The SMILES string of the molecule is Cc1[nH]ncc1CNCc1ccc(C(=O)N2CC(C)OC(C)C2)cc1. The van der Waals surface area contributed by atoms with Gasteiger partial charge in [0.25, 0.3) is 5.91 Å². The van der Waals surface area contributed by atoms with E-state index in [1.807, 2.05) is 56.1 Å². The number of rotatable bonds is 5. The molecule has 6 heteroatoms. The first-order chi connectivity index (χ1) is 12.0. The van der Waals surface area contributed by atoms with E-state index in [0.717, 1.165) is 29.9 Å². The van der Waals surface area contributed by atoms with E-state index in [2.05, 4.69) is 15.5 Å². The third-order valence-electron chi connectivity index (χ3n) is 4.49. The van der Waals surface area contributed by atoms with Crippen LogP contribution < -0.4 is 5.32 Å². The highest BCUT2D eigenvalue weighted by molar-refractivity contribution is 5.94. The normalized spacial score (nSPS) is 20.7. The lowest BCUT2D eigenvalue weighted by Gasteiger charge is -2.35. The molecule has 0 aliphatic carbocycles. The van der Waals surface area contributed by atoms with Crippen molar-refractivity contribution in [1.29, 1.82) is 0 Å². The second kappa shape index (κ2) is 7.80. The van der Waals surface area contributed by atoms with E-state index in [1.165, 1.54) is 5.56 Å². The minimum absolute atomic E-state index is 0.0792. The number of nitrogens with zero attached hydrogens (tertiary/aromatic N) is 2. The van der Waals surface area contributed by atoms with Gasteiger partial charge in [-0.05, 0) is 38.5 Å². The summed E-state index contributed by atoms with van der Waals surface area (Å²) in [5, 5.41) is 10.3. The maximum atomic E-state index is 12.7. The van der Waals surface area contributed by atoms with Crippen LogP contribution in [-0.2, 0) is 17.8 Å². The van der Waals surface area contributed by atoms with Crippen molar-refractivity contribution >= 4 is 5.91 Å². The molecule has 1 amide bonds. The van der Waals surface area contributed by atoms with Crippen molar-refractivity contribution in [2.75, 3.05) is 13.1 Å². The number of morpholine rings is 1. The minimum atomic E-state index is 0.0792. The summed E-state index contributed by atoms with van der Waals surface area (Å²) in [6.45, 7) is 8.85. The third-order valence-corrected chi connectivity index (χ3v) is 4.49. The van der Waals surface area contributed by atoms with Gasteiger partial charge in [0.1, 0.15) is 0 Å². The molecule has 2 heterocycles. The molecule has 1 aromatic heterocycles. The first kappa shape index (κ1) is 17.6. The molecule has 3 rings (SSSR count). The van der Waals surface area contributed by atoms with Gasteiger partial charge in [-0.1, -0.05) is 12.1 Å². The summed E-state index contributed by atoms with van der Waals surface area (Å²) in [6, 6.07) is 7.84. The Kier molecular flexibility index (Phi) is 5.50. The number of hydrogen-bond donors (Lipinski definition) is 2. The van der Waals surface area contributed by atoms with Crippen LogP contribution in [0.4, 0.5) is 0 Å². The molecule has 1 fully saturated rings. The Morgan fingerprint density at radius 1 is 1.24 bits per heavy atom. The van der Waals surface area contributed by atoms with Crippen molar-refractivity contribution in [3.05, 3.63) is 52.8 Å². The number of aromatic amines is 1. The van der Waals surface area contributed by atoms with Crippen LogP contribution in [0, 0.1) is 6.92 Å². The zero-order valence-electron chi connectivity index (χ0n) is 15.1.